The number of nitrogens with one attached hydrogen (secondary N) is 1. The first kappa shape index (κ1) is 10.1. The Hall–Kier alpha value is -2.82. The molecule has 0 aliphatic heterocycles. The second-order valence-electron chi connectivity index (χ2n) is 4.30. The van der Waals surface area contributed by atoms with Gasteiger partial charge in [0.25, 0.3) is 5.56 Å². The third-order valence-electron chi connectivity index (χ3n) is 3.15. The van der Waals surface area contributed by atoms with E-state index >= 15 is 0 Å². The van der Waals surface area contributed by atoms with Crippen LogP contribution in [0.2, 0.25) is 0 Å². The van der Waals surface area contributed by atoms with Gasteiger partial charge in [0.2, 0.25) is 0 Å². The minimum Gasteiger partial charge on any atom is -0.268 e. The molecule has 0 spiro atoms. The Labute approximate surface area is 106 Å². The van der Waals surface area contributed by atoms with Gasteiger partial charge in [-0.25, -0.2) is 10.1 Å². The van der Waals surface area contributed by atoms with Crippen molar-refractivity contribution in [2.45, 2.75) is 0 Å². The van der Waals surface area contributed by atoms with E-state index < -0.39 is 0 Å². The molecule has 0 amide bonds. The van der Waals surface area contributed by atoms with Gasteiger partial charge in [0.05, 0.1) is 22.7 Å². The highest BCUT2D eigenvalue weighted by Crippen LogP contribution is 2.28. The summed E-state index contributed by atoms with van der Waals surface area (Å²) in [6.45, 7) is 0. The van der Waals surface area contributed by atoms with E-state index in [2.05, 4.69) is 20.2 Å². The SMILES string of the molecule is O=c1ccc2ncc3nc4ccccc4c3c2n[nH]1. The van der Waals surface area contributed by atoms with Crippen LogP contribution in [0.1, 0.15) is 0 Å². The summed E-state index contributed by atoms with van der Waals surface area (Å²) in [6, 6.07) is 10.9. The Morgan fingerprint density at radius 1 is 0.947 bits per heavy atom. The highest BCUT2D eigenvalue weighted by atomic mass is 16.1. The Balaban J connectivity index is 2.36. The van der Waals surface area contributed by atoms with Gasteiger partial charge >= 0.3 is 0 Å². The van der Waals surface area contributed by atoms with Crippen molar-refractivity contribution in [1.29, 1.82) is 0 Å². The van der Waals surface area contributed by atoms with Gasteiger partial charge in [0.15, 0.2) is 0 Å². The van der Waals surface area contributed by atoms with Crippen LogP contribution < -0.4 is 5.56 Å². The van der Waals surface area contributed by atoms with E-state index in [1.807, 2.05) is 24.3 Å². The number of fused-ring (bicyclic) bond motifs is 5. The molecule has 0 saturated heterocycles. The van der Waals surface area contributed by atoms with Crippen LogP contribution in [0.5, 0.6) is 0 Å². The van der Waals surface area contributed by atoms with Crippen molar-refractivity contribution in [3.05, 3.63) is 52.9 Å². The Morgan fingerprint density at radius 2 is 1.84 bits per heavy atom. The molecule has 4 aromatic rings. The predicted molar refractivity (Wildman–Crippen MR) is 73.0 cm³/mol. The molecule has 0 aliphatic rings. The summed E-state index contributed by atoms with van der Waals surface area (Å²) in [7, 11) is 0. The van der Waals surface area contributed by atoms with Crippen molar-refractivity contribution < 1.29 is 0 Å². The molecule has 0 radical (unpaired) electrons. The number of benzene rings is 1. The Morgan fingerprint density at radius 3 is 2.79 bits per heavy atom. The first-order chi connectivity index (χ1) is 9.33. The quantitative estimate of drug-likeness (QED) is 0.516. The van der Waals surface area contributed by atoms with Crippen molar-refractivity contribution in [3.63, 3.8) is 0 Å². The molecule has 0 fully saturated rings. The molecule has 1 aromatic carbocycles. The molecule has 3 heterocycles. The van der Waals surface area contributed by atoms with E-state index in [0.717, 1.165) is 21.8 Å². The van der Waals surface area contributed by atoms with Crippen LogP contribution in [0, 0.1) is 0 Å². The highest BCUT2D eigenvalue weighted by Gasteiger charge is 2.10. The maximum absolute atomic E-state index is 11.4. The summed E-state index contributed by atoms with van der Waals surface area (Å²) in [5.74, 6) is 0. The number of H-pyrrole nitrogens is 1. The van der Waals surface area contributed by atoms with Gasteiger partial charge in [-0.05, 0) is 12.1 Å². The minimum absolute atomic E-state index is 0.255. The molecule has 0 atom stereocenters. The predicted octanol–water partition coefficient (Wildman–Crippen LogP) is 2.02. The third kappa shape index (κ3) is 1.41. The number of aromatic amines is 1. The van der Waals surface area contributed by atoms with Crippen LogP contribution >= 0.6 is 0 Å². The highest BCUT2D eigenvalue weighted by molar-refractivity contribution is 6.17. The molecule has 0 unspecified atom stereocenters. The van der Waals surface area contributed by atoms with Gasteiger partial charge in [0.1, 0.15) is 5.52 Å². The van der Waals surface area contributed by atoms with Gasteiger partial charge in [-0.1, -0.05) is 18.2 Å². The summed E-state index contributed by atoms with van der Waals surface area (Å²) in [5, 5.41) is 8.57. The summed E-state index contributed by atoms with van der Waals surface area (Å²) in [4.78, 5) is 20.2. The molecule has 0 bridgehead atoms. The molecule has 0 saturated carbocycles. The van der Waals surface area contributed by atoms with E-state index in [4.69, 9.17) is 0 Å². The molecule has 5 nitrogen and oxygen atoms in total. The number of hydrogen-bond acceptors (Lipinski definition) is 4. The molecule has 5 heteroatoms. The second kappa shape index (κ2) is 3.58. The van der Waals surface area contributed by atoms with Crippen molar-refractivity contribution in [1.82, 2.24) is 20.2 Å². The molecule has 19 heavy (non-hydrogen) atoms. The zero-order valence-corrected chi connectivity index (χ0v) is 9.79. The lowest BCUT2D eigenvalue weighted by Crippen LogP contribution is -1.99. The minimum atomic E-state index is -0.255. The van der Waals surface area contributed by atoms with Crippen LogP contribution in [-0.4, -0.2) is 20.2 Å². The maximum atomic E-state index is 11.4. The maximum Gasteiger partial charge on any atom is 0.264 e. The molecular weight excluding hydrogens is 240 g/mol. The van der Waals surface area contributed by atoms with Crippen LogP contribution in [0.25, 0.3) is 32.8 Å². The summed E-state index contributed by atoms with van der Waals surface area (Å²) >= 11 is 0. The summed E-state index contributed by atoms with van der Waals surface area (Å²) in [5.41, 5.74) is 2.77. The Bertz CT molecular complexity index is 991. The van der Waals surface area contributed by atoms with E-state index in [9.17, 15) is 4.79 Å². The molecular formula is C14H8N4O. The lowest BCUT2D eigenvalue weighted by molar-refractivity contribution is 1.05. The zero-order chi connectivity index (χ0) is 12.8. The standard InChI is InChI=1S/C14H8N4O/c19-12-6-5-10-14(18-17-12)13-8-3-1-2-4-9(8)16-11(13)7-15-10/h1-7H,(H,17,19). The largest absolute Gasteiger partial charge is 0.268 e. The van der Waals surface area contributed by atoms with Gasteiger partial charge < -0.3 is 0 Å². The summed E-state index contributed by atoms with van der Waals surface area (Å²) < 4.78 is 0. The van der Waals surface area contributed by atoms with E-state index in [1.54, 1.807) is 12.3 Å². The number of rotatable bonds is 0. The molecule has 3 aromatic heterocycles. The van der Waals surface area contributed by atoms with Crippen LogP contribution in [0.3, 0.4) is 0 Å². The number of para-hydroxylation sites is 1. The van der Waals surface area contributed by atoms with Crippen LogP contribution in [0.4, 0.5) is 0 Å². The van der Waals surface area contributed by atoms with Gasteiger partial charge in [-0.15, -0.1) is 0 Å². The van der Waals surface area contributed by atoms with Gasteiger partial charge in [0, 0.05) is 16.8 Å². The van der Waals surface area contributed by atoms with E-state index in [1.165, 1.54) is 6.07 Å². The molecule has 0 aliphatic carbocycles. The van der Waals surface area contributed by atoms with Crippen molar-refractivity contribution in [2.75, 3.05) is 0 Å². The fraction of sp³-hybridized carbons (Fsp3) is 0. The van der Waals surface area contributed by atoms with Gasteiger partial charge in [-0.2, -0.15) is 5.10 Å². The normalized spacial score (nSPS) is 11.4. The number of pyridine rings is 1. The number of hydrogen-bond donors (Lipinski definition) is 1. The zero-order valence-electron chi connectivity index (χ0n) is 9.79. The molecule has 1 N–H and O–H groups in total. The lowest BCUT2D eigenvalue weighted by atomic mass is 10.1. The third-order valence-corrected chi connectivity index (χ3v) is 3.15. The van der Waals surface area contributed by atoms with Gasteiger partial charge in [-0.3, -0.25) is 9.78 Å². The lowest BCUT2D eigenvalue weighted by Gasteiger charge is -1.93. The Kier molecular flexibility index (Phi) is 1.91. The molecule has 4 rings (SSSR count). The van der Waals surface area contributed by atoms with Crippen molar-refractivity contribution >= 4 is 32.8 Å². The average molecular weight is 248 g/mol. The topological polar surface area (TPSA) is 71.5 Å². The molecule has 90 valence electrons. The van der Waals surface area contributed by atoms with Crippen LogP contribution in [0.15, 0.2) is 47.4 Å². The van der Waals surface area contributed by atoms with Crippen molar-refractivity contribution in [3.8, 4) is 0 Å². The van der Waals surface area contributed by atoms with E-state index in [-0.39, 0.29) is 5.56 Å². The smallest absolute Gasteiger partial charge is 0.264 e. The van der Waals surface area contributed by atoms with Crippen molar-refractivity contribution in [2.24, 2.45) is 0 Å². The fourth-order valence-corrected chi connectivity index (χ4v) is 2.31. The average Bonchev–Trinajstić information content (AvgIpc) is 2.71. The van der Waals surface area contributed by atoms with Crippen LogP contribution in [-0.2, 0) is 0 Å². The number of aromatic nitrogens is 4. The second-order valence-corrected chi connectivity index (χ2v) is 4.30. The monoisotopic (exact) mass is 248 g/mol. The van der Waals surface area contributed by atoms with E-state index in [0.29, 0.717) is 11.0 Å². The first-order valence-electron chi connectivity index (χ1n) is 5.86. The number of nitrogens with zero attached hydrogens (tertiary/aromatic N) is 3. The fourth-order valence-electron chi connectivity index (χ4n) is 2.31. The first-order valence-corrected chi connectivity index (χ1v) is 5.86. The summed E-state index contributed by atoms with van der Waals surface area (Å²) in [6.07, 6.45) is 1.71.